The molecule has 1 aromatic heterocycles. The predicted molar refractivity (Wildman–Crippen MR) is 212 cm³/mol. The SMILES string of the molecule is CNC(=O)c1ccc(C)c(-c2ccc(C[C@H](NC(=O)[C@H]3CC[C@H](CNC(=O)OC(C)(C)C)CC3)C(=O)Nc3ccc(-c4nnc(C(F)(F)C(F)(F)C(=O)O)[nH]4)cc3)cc2)c1. The van der Waals surface area contributed by atoms with Gasteiger partial charge in [-0.3, -0.25) is 14.4 Å². The summed E-state index contributed by atoms with van der Waals surface area (Å²) >= 11 is 0. The summed E-state index contributed by atoms with van der Waals surface area (Å²) in [5.41, 5.74) is 3.57. The van der Waals surface area contributed by atoms with Crippen molar-refractivity contribution in [3.63, 3.8) is 0 Å². The molecule has 320 valence electrons. The molecule has 1 aliphatic carbocycles. The summed E-state index contributed by atoms with van der Waals surface area (Å²) in [6.07, 6.45) is 2.00. The minimum absolute atomic E-state index is 0.0956. The van der Waals surface area contributed by atoms with Gasteiger partial charge in [-0.1, -0.05) is 30.3 Å². The molecule has 3 aromatic carbocycles. The Morgan fingerprint density at radius 1 is 0.883 bits per heavy atom. The van der Waals surface area contributed by atoms with Gasteiger partial charge in [0.25, 0.3) is 5.91 Å². The molecular weight excluding hydrogens is 790 g/mol. The fraction of sp³-hybridized carbons (Fsp3) is 0.405. The number of aliphatic carboxylic acids is 1. The third kappa shape index (κ3) is 10.8. The summed E-state index contributed by atoms with van der Waals surface area (Å²) in [7, 11) is 1.55. The van der Waals surface area contributed by atoms with E-state index in [9.17, 15) is 41.5 Å². The number of hydrogen-bond donors (Lipinski definition) is 6. The molecule has 1 fully saturated rings. The van der Waals surface area contributed by atoms with Gasteiger partial charge in [0.15, 0.2) is 5.82 Å². The van der Waals surface area contributed by atoms with Crippen LogP contribution in [0.2, 0.25) is 0 Å². The van der Waals surface area contributed by atoms with Crippen LogP contribution in [-0.4, -0.2) is 81.2 Å². The number of benzene rings is 3. The van der Waals surface area contributed by atoms with Gasteiger partial charge in [0.05, 0.1) is 0 Å². The number of H-pyrrole nitrogens is 1. The lowest BCUT2D eigenvalue weighted by Gasteiger charge is -2.29. The number of ether oxygens (including phenoxy) is 1. The Kier molecular flexibility index (Phi) is 13.7. The summed E-state index contributed by atoms with van der Waals surface area (Å²) in [4.78, 5) is 64.7. The Morgan fingerprint density at radius 3 is 2.12 bits per heavy atom. The minimum Gasteiger partial charge on any atom is -0.477 e. The second kappa shape index (κ2) is 18.3. The summed E-state index contributed by atoms with van der Waals surface area (Å²) < 4.78 is 61.3. The van der Waals surface area contributed by atoms with Gasteiger partial charge in [-0.25, -0.2) is 9.59 Å². The number of aryl methyl sites for hydroxylation is 1. The summed E-state index contributed by atoms with van der Waals surface area (Å²) in [6, 6.07) is 17.2. The lowest BCUT2D eigenvalue weighted by Crippen LogP contribution is -2.48. The number of carbonyl (C=O) groups is 5. The standard InChI is InChI=1S/C42H47F4N7O7/c1-23-6-11-29(34(54)47-5)21-31(23)26-12-7-24(8-13-26)20-32(50-35(55)28-14-9-25(10-15-28)22-48-39(59)60-40(2,3)4)36(56)49-30-18-16-27(17-19-30)33-51-37(53-52-33)41(43,44)42(45,46)38(57)58/h6-8,11-13,16-19,21,25,28,32H,9-10,14-15,20,22H2,1-5H3,(H,47,54)(H,48,59)(H,49,56)(H,50,55)(H,57,58)(H,51,52,53)/t25-,28-,32-/m0/s1. The number of nitrogens with one attached hydrogen (secondary N) is 5. The number of anilines is 1. The van der Waals surface area contributed by atoms with Gasteiger partial charge in [0, 0.05) is 42.7 Å². The first-order chi connectivity index (χ1) is 28.2. The highest BCUT2D eigenvalue weighted by Crippen LogP contribution is 2.42. The van der Waals surface area contributed by atoms with Crippen LogP contribution < -0.4 is 21.3 Å². The smallest absolute Gasteiger partial charge is 0.411 e. The largest absolute Gasteiger partial charge is 0.477 e. The lowest BCUT2D eigenvalue weighted by atomic mass is 9.81. The topological polar surface area (TPSA) is 204 Å². The van der Waals surface area contributed by atoms with E-state index in [1.54, 1.807) is 40.0 Å². The average Bonchev–Trinajstić information content (AvgIpc) is 3.71. The number of nitrogens with zero attached hydrogens (tertiary/aromatic N) is 2. The number of alkyl carbamates (subject to hydrolysis) is 1. The summed E-state index contributed by atoms with van der Waals surface area (Å²) in [5, 5.41) is 26.2. The molecule has 1 atom stereocenters. The molecule has 1 aliphatic rings. The first kappa shape index (κ1) is 44.8. The number of carboxylic acids is 1. The van der Waals surface area contributed by atoms with Gasteiger partial charge in [-0.05, 0) is 118 Å². The molecule has 0 spiro atoms. The highest BCUT2D eigenvalue weighted by Gasteiger charge is 2.65. The zero-order chi connectivity index (χ0) is 44.0. The van der Waals surface area contributed by atoms with E-state index in [2.05, 4.69) is 31.5 Å². The molecule has 1 heterocycles. The van der Waals surface area contributed by atoms with Crippen molar-refractivity contribution in [2.45, 2.75) is 83.3 Å². The maximum absolute atomic E-state index is 14.3. The second-order valence-corrected chi connectivity index (χ2v) is 15.7. The van der Waals surface area contributed by atoms with E-state index in [1.165, 1.54) is 24.3 Å². The van der Waals surface area contributed by atoms with Crippen molar-refractivity contribution in [2.24, 2.45) is 11.8 Å². The van der Waals surface area contributed by atoms with E-state index in [0.717, 1.165) is 22.3 Å². The molecule has 0 unspecified atom stereocenters. The van der Waals surface area contributed by atoms with Gasteiger partial charge >= 0.3 is 23.9 Å². The van der Waals surface area contributed by atoms with Gasteiger partial charge in [0.1, 0.15) is 11.6 Å². The van der Waals surface area contributed by atoms with E-state index < -0.39 is 47.3 Å². The molecule has 60 heavy (non-hydrogen) atoms. The Hall–Kier alpha value is -6.33. The average molecular weight is 838 g/mol. The zero-order valence-electron chi connectivity index (χ0n) is 33.6. The molecular formula is C42H47F4N7O7. The number of alkyl halides is 4. The van der Waals surface area contributed by atoms with E-state index in [1.807, 2.05) is 42.2 Å². The number of carbonyl (C=O) groups excluding carboxylic acids is 4. The third-order valence-electron chi connectivity index (χ3n) is 10.1. The molecule has 1 saturated carbocycles. The minimum atomic E-state index is -5.45. The maximum atomic E-state index is 14.3. The van der Waals surface area contributed by atoms with Crippen molar-refractivity contribution in [2.75, 3.05) is 18.9 Å². The third-order valence-corrected chi connectivity index (χ3v) is 10.1. The quantitative estimate of drug-likeness (QED) is 0.0755. The summed E-state index contributed by atoms with van der Waals surface area (Å²) in [5.74, 6) is -17.0. The second-order valence-electron chi connectivity index (χ2n) is 15.7. The molecule has 6 N–H and O–H groups in total. The fourth-order valence-electron chi connectivity index (χ4n) is 6.70. The van der Waals surface area contributed by atoms with Crippen LogP contribution in [0, 0.1) is 18.8 Å². The van der Waals surface area contributed by atoms with Crippen molar-refractivity contribution in [3.8, 4) is 22.5 Å². The van der Waals surface area contributed by atoms with Crippen molar-refractivity contribution in [3.05, 3.63) is 89.2 Å². The number of aromatic amines is 1. The predicted octanol–water partition coefficient (Wildman–Crippen LogP) is 6.62. The number of aromatic nitrogens is 3. The van der Waals surface area contributed by atoms with Crippen LogP contribution in [0.15, 0.2) is 66.7 Å². The number of carboxylic acid groups (broad SMARTS) is 1. The summed E-state index contributed by atoms with van der Waals surface area (Å²) in [6.45, 7) is 7.66. The van der Waals surface area contributed by atoms with Crippen molar-refractivity contribution in [1.29, 1.82) is 0 Å². The molecule has 4 amide bonds. The van der Waals surface area contributed by atoms with E-state index >= 15 is 0 Å². The highest BCUT2D eigenvalue weighted by atomic mass is 19.3. The number of halogens is 4. The maximum Gasteiger partial charge on any atom is 0.411 e. The van der Waals surface area contributed by atoms with Crippen molar-refractivity contribution < 1.29 is 51.4 Å². The van der Waals surface area contributed by atoms with Crippen LogP contribution >= 0.6 is 0 Å². The number of amides is 4. The molecule has 0 aliphatic heterocycles. The Labute approximate surface area is 343 Å². The Bertz CT molecular complexity index is 2200. The molecule has 5 rings (SSSR count). The van der Waals surface area contributed by atoms with Gasteiger partial charge in [0.2, 0.25) is 17.6 Å². The van der Waals surface area contributed by atoms with Crippen LogP contribution in [0.4, 0.5) is 28.0 Å². The van der Waals surface area contributed by atoms with E-state index in [4.69, 9.17) is 9.84 Å². The van der Waals surface area contributed by atoms with Crippen LogP contribution in [0.5, 0.6) is 0 Å². The number of rotatable bonds is 14. The Balaban J connectivity index is 1.30. The monoisotopic (exact) mass is 837 g/mol. The molecule has 0 bridgehead atoms. The fourth-order valence-corrected chi connectivity index (χ4v) is 6.70. The Morgan fingerprint density at radius 2 is 1.52 bits per heavy atom. The van der Waals surface area contributed by atoms with Crippen LogP contribution in [-0.2, 0) is 31.5 Å². The van der Waals surface area contributed by atoms with Gasteiger partial charge in [-0.15, -0.1) is 10.2 Å². The first-order valence-electron chi connectivity index (χ1n) is 19.2. The zero-order valence-corrected chi connectivity index (χ0v) is 33.6. The molecule has 14 nitrogen and oxygen atoms in total. The normalized spacial score (nSPS) is 16.3. The molecule has 0 saturated heterocycles. The van der Waals surface area contributed by atoms with Crippen molar-refractivity contribution in [1.82, 2.24) is 31.1 Å². The van der Waals surface area contributed by atoms with E-state index in [0.29, 0.717) is 37.8 Å². The van der Waals surface area contributed by atoms with E-state index in [-0.39, 0.29) is 47.1 Å². The molecule has 18 heteroatoms. The van der Waals surface area contributed by atoms with Crippen molar-refractivity contribution >= 4 is 35.5 Å². The number of hydrogen-bond acceptors (Lipinski definition) is 8. The molecule has 0 radical (unpaired) electrons. The lowest BCUT2D eigenvalue weighted by molar-refractivity contribution is -0.231. The highest BCUT2D eigenvalue weighted by molar-refractivity contribution is 5.98. The van der Waals surface area contributed by atoms with Gasteiger partial charge < -0.3 is 36.1 Å². The van der Waals surface area contributed by atoms with Crippen LogP contribution in [0.3, 0.4) is 0 Å². The molecule has 4 aromatic rings. The van der Waals surface area contributed by atoms with Crippen LogP contribution in [0.1, 0.15) is 73.8 Å². The van der Waals surface area contributed by atoms with Gasteiger partial charge in [-0.2, -0.15) is 17.6 Å². The first-order valence-corrected chi connectivity index (χ1v) is 19.2. The van der Waals surface area contributed by atoms with Crippen LogP contribution in [0.25, 0.3) is 22.5 Å².